The van der Waals surface area contributed by atoms with Crippen LogP contribution in [0.3, 0.4) is 0 Å². The molecule has 0 aliphatic rings. The van der Waals surface area contributed by atoms with Crippen LogP contribution in [0.15, 0.2) is 22.7 Å². The Morgan fingerprint density at radius 2 is 2.14 bits per heavy atom. The maximum Gasteiger partial charge on any atom is 0.228 e. The van der Waals surface area contributed by atoms with Crippen LogP contribution in [0.4, 0.5) is 0 Å². The minimum atomic E-state index is -0.194. The Kier molecular flexibility index (Phi) is 3.87. The summed E-state index contributed by atoms with van der Waals surface area (Å²) in [4.78, 5) is 8.79. The summed E-state index contributed by atoms with van der Waals surface area (Å²) in [5, 5.41) is 4.27. The minimum absolute atomic E-state index is 0.194. The number of nitrogens with zero attached hydrogens (tertiary/aromatic N) is 4. The molecule has 0 aliphatic carbocycles. The minimum Gasteiger partial charge on any atom is -0.339 e. The fourth-order valence-electron chi connectivity index (χ4n) is 2.30. The summed E-state index contributed by atoms with van der Waals surface area (Å²) < 4.78 is 7.20. The first kappa shape index (κ1) is 14.4. The zero-order valence-electron chi connectivity index (χ0n) is 11.7. The van der Waals surface area contributed by atoms with Gasteiger partial charge in [0.05, 0.1) is 16.4 Å². The molecule has 0 radical (unpaired) electrons. The monoisotopic (exact) mass is 324 g/mol. The van der Waals surface area contributed by atoms with Crippen LogP contribution in [-0.4, -0.2) is 19.7 Å². The van der Waals surface area contributed by atoms with Gasteiger partial charge >= 0.3 is 0 Å². The van der Waals surface area contributed by atoms with E-state index in [-0.39, 0.29) is 5.38 Å². The van der Waals surface area contributed by atoms with Gasteiger partial charge < -0.3 is 9.09 Å². The molecule has 1 atom stereocenters. The second-order valence-corrected chi connectivity index (χ2v) is 5.95. The summed E-state index contributed by atoms with van der Waals surface area (Å²) in [6, 6.07) is 5.62. The zero-order valence-corrected chi connectivity index (χ0v) is 13.2. The third kappa shape index (κ3) is 2.89. The van der Waals surface area contributed by atoms with Crippen molar-refractivity contribution in [1.82, 2.24) is 19.7 Å². The Labute approximate surface area is 131 Å². The Hall–Kier alpha value is -1.59. The highest BCUT2D eigenvalue weighted by molar-refractivity contribution is 6.31. The largest absolute Gasteiger partial charge is 0.339 e. The van der Waals surface area contributed by atoms with E-state index in [4.69, 9.17) is 27.7 Å². The van der Waals surface area contributed by atoms with Gasteiger partial charge in [-0.05, 0) is 32.0 Å². The van der Waals surface area contributed by atoms with E-state index in [1.165, 1.54) is 0 Å². The van der Waals surface area contributed by atoms with Gasteiger partial charge in [0.25, 0.3) is 0 Å². The van der Waals surface area contributed by atoms with E-state index in [2.05, 4.69) is 19.7 Å². The Morgan fingerprint density at radius 3 is 2.81 bits per heavy atom. The summed E-state index contributed by atoms with van der Waals surface area (Å²) in [5.41, 5.74) is 1.84. The molecule has 110 valence electrons. The zero-order chi connectivity index (χ0) is 15.0. The average Bonchev–Trinajstić information content (AvgIpc) is 3.00. The molecular formula is C14H14Cl2N4O. The van der Waals surface area contributed by atoms with E-state index in [1.54, 1.807) is 6.92 Å². The molecular weight excluding hydrogens is 311 g/mol. The number of alkyl halides is 1. The summed E-state index contributed by atoms with van der Waals surface area (Å²) in [7, 11) is 0. The first-order valence-electron chi connectivity index (χ1n) is 6.63. The highest BCUT2D eigenvalue weighted by Gasteiger charge is 2.16. The maximum atomic E-state index is 6.24. The van der Waals surface area contributed by atoms with E-state index in [9.17, 15) is 0 Å². The molecule has 0 amide bonds. The molecule has 0 bridgehead atoms. The van der Waals surface area contributed by atoms with Crippen LogP contribution in [0.25, 0.3) is 11.0 Å². The van der Waals surface area contributed by atoms with Crippen molar-refractivity contribution in [1.29, 1.82) is 0 Å². The number of fused-ring (bicyclic) bond motifs is 1. The van der Waals surface area contributed by atoms with Gasteiger partial charge in [0.1, 0.15) is 5.82 Å². The highest BCUT2D eigenvalue weighted by Crippen LogP contribution is 2.26. The van der Waals surface area contributed by atoms with Crippen molar-refractivity contribution in [2.45, 2.75) is 32.2 Å². The molecule has 0 aliphatic heterocycles. The Balaban J connectivity index is 1.98. The molecule has 3 aromatic rings. The molecule has 1 unspecified atom stereocenters. The summed E-state index contributed by atoms with van der Waals surface area (Å²) in [6.07, 6.45) is 0.620. The van der Waals surface area contributed by atoms with Crippen molar-refractivity contribution in [3.8, 4) is 0 Å². The van der Waals surface area contributed by atoms with Crippen molar-refractivity contribution in [2.24, 2.45) is 0 Å². The van der Waals surface area contributed by atoms with Crippen molar-refractivity contribution in [3.63, 3.8) is 0 Å². The molecule has 0 fully saturated rings. The molecule has 2 aromatic heterocycles. The number of rotatable bonds is 4. The van der Waals surface area contributed by atoms with Gasteiger partial charge in [0.15, 0.2) is 5.82 Å². The number of imidazole rings is 1. The van der Waals surface area contributed by atoms with Gasteiger partial charge in [-0.3, -0.25) is 0 Å². The maximum absolute atomic E-state index is 6.24. The predicted molar refractivity (Wildman–Crippen MR) is 81.8 cm³/mol. The summed E-state index contributed by atoms with van der Waals surface area (Å²) in [6.45, 7) is 4.36. The molecule has 5 nitrogen and oxygen atoms in total. The predicted octanol–water partition coefficient (Wildman–Crippen LogP) is 3.92. The fourth-order valence-corrected chi connectivity index (χ4v) is 2.64. The summed E-state index contributed by atoms with van der Waals surface area (Å²) in [5.74, 6) is 2.05. The second-order valence-electron chi connectivity index (χ2n) is 4.86. The van der Waals surface area contributed by atoms with Gasteiger partial charge in [-0.1, -0.05) is 16.8 Å². The van der Waals surface area contributed by atoms with Crippen LogP contribution >= 0.6 is 23.2 Å². The Morgan fingerprint density at radius 1 is 1.33 bits per heavy atom. The van der Waals surface area contributed by atoms with Crippen LogP contribution in [0.5, 0.6) is 0 Å². The van der Waals surface area contributed by atoms with Gasteiger partial charge in [0, 0.05) is 18.0 Å². The van der Waals surface area contributed by atoms with E-state index in [0.29, 0.717) is 29.7 Å². The third-order valence-corrected chi connectivity index (χ3v) is 3.64. The van der Waals surface area contributed by atoms with Crippen molar-refractivity contribution in [3.05, 3.63) is 40.8 Å². The quantitative estimate of drug-likeness (QED) is 0.682. The van der Waals surface area contributed by atoms with E-state index in [1.807, 2.05) is 25.1 Å². The molecule has 0 saturated heterocycles. The number of hydrogen-bond donors (Lipinski definition) is 0. The van der Waals surface area contributed by atoms with E-state index < -0.39 is 0 Å². The molecule has 2 heterocycles. The molecule has 3 rings (SSSR count). The number of aryl methyl sites for hydroxylation is 3. The molecule has 7 heteroatoms. The van der Waals surface area contributed by atoms with Gasteiger partial charge in [-0.25, -0.2) is 4.98 Å². The Bertz CT molecular complexity index is 778. The standard InChI is InChI=1S/C14H14Cl2N4O/c1-8(15)14-18-11-4-3-10(16)7-12(11)20(14)6-5-13-17-9(2)19-21-13/h3-4,7-8H,5-6H2,1-2H3. The van der Waals surface area contributed by atoms with Gasteiger partial charge in [0.2, 0.25) is 5.89 Å². The first-order chi connectivity index (χ1) is 10.0. The number of benzene rings is 1. The fraction of sp³-hybridized carbons (Fsp3) is 0.357. The second kappa shape index (κ2) is 5.66. The van der Waals surface area contributed by atoms with Gasteiger partial charge in [-0.2, -0.15) is 4.98 Å². The topological polar surface area (TPSA) is 56.7 Å². The molecule has 0 saturated carbocycles. The van der Waals surface area contributed by atoms with Crippen molar-refractivity contribution < 1.29 is 4.52 Å². The first-order valence-corrected chi connectivity index (χ1v) is 7.45. The van der Waals surface area contributed by atoms with Crippen molar-refractivity contribution in [2.75, 3.05) is 0 Å². The number of hydrogen-bond acceptors (Lipinski definition) is 4. The van der Waals surface area contributed by atoms with Crippen LogP contribution in [0, 0.1) is 6.92 Å². The molecule has 0 spiro atoms. The number of aromatic nitrogens is 4. The lowest BCUT2D eigenvalue weighted by molar-refractivity contribution is 0.368. The normalized spacial score (nSPS) is 13.0. The molecule has 21 heavy (non-hydrogen) atoms. The SMILES string of the molecule is Cc1noc(CCn2c(C(C)Cl)nc3ccc(Cl)cc32)n1. The van der Waals surface area contributed by atoms with Crippen LogP contribution in [0.1, 0.15) is 29.8 Å². The van der Waals surface area contributed by atoms with E-state index >= 15 is 0 Å². The van der Waals surface area contributed by atoms with Crippen LogP contribution < -0.4 is 0 Å². The van der Waals surface area contributed by atoms with Crippen molar-refractivity contribution >= 4 is 34.2 Å². The third-order valence-electron chi connectivity index (χ3n) is 3.21. The smallest absolute Gasteiger partial charge is 0.228 e. The highest BCUT2D eigenvalue weighted by atomic mass is 35.5. The lowest BCUT2D eigenvalue weighted by Crippen LogP contribution is -2.07. The van der Waals surface area contributed by atoms with Gasteiger partial charge in [-0.15, -0.1) is 11.6 Å². The van der Waals surface area contributed by atoms with E-state index in [0.717, 1.165) is 16.9 Å². The van der Waals surface area contributed by atoms with Crippen LogP contribution in [-0.2, 0) is 13.0 Å². The summed E-state index contributed by atoms with van der Waals surface area (Å²) >= 11 is 12.3. The average molecular weight is 325 g/mol. The molecule has 1 aromatic carbocycles. The lowest BCUT2D eigenvalue weighted by Gasteiger charge is -2.09. The molecule has 0 N–H and O–H groups in total. The lowest BCUT2D eigenvalue weighted by atomic mass is 10.3. The number of halogens is 2. The van der Waals surface area contributed by atoms with Crippen LogP contribution in [0.2, 0.25) is 5.02 Å².